The van der Waals surface area contributed by atoms with E-state index in [-0.39, 0.29) is 12.4 Å². The molecule has 0 aliphatic rings. The lowest BCUT2D eigenvalue weighted by atomic mass is 10.2. The van der Waals surface area contributed by atoms with Crippen molar-refractivity contribution in [3.63, 3.8) is 0 Å². The molecule has 0 atom stereocenters. The predicted octanol–water partition coefficient (Wildman–Crippen LogP) is 2.82. The third kappa shape index (κ3) is 4.66. The van der Waals surface area contributed by atoms with Gasteiger partial charge in [-0.25, -0.2) is 8.42 Å². The molecule has 0 heterocycles. The second kappa shape index (κ2) is 7.17. The molecular weight excluding hydrogens is 302 g/mol. The van der Waals surface area contributed by atoms with E-state index in [1.165, 1.54) is 0 Å². The molecule has 0 fully saturated rings. The fourth-order valence-corrected chi connectivity index (χ4v) is 2.82. The van der Waals surface area contributed by atoms with Gasteiger partial charge in [-0.15, -0.1) is 0 Å². The summed E-state index contributed by atoms with van der Waals surface area (Å²) in [7, 11) is -1.86. The van der Waals surface area contributed by atoms with Crippen molar-refractivity contribution in [1.29, 1.82) is 0 Å². The molecule has 118 valence electrons. The summed E-state index contributed by atoms with van der Waals surface area (Å²) in [4.78, 5) is 0. The average molecular weight is 321 g/mol. The van der Waals surface area contributed by atoms with E-state index in [0.717, 1.165) is 11.3 Å². The molecule has 0 aromatic heterocycles. The van der Waals surface area contributed by atoms with Crippen molar-refractivity contribution in [2.45, 2.75) is 6.92 Å². The topological polar surface area (TPSA) is 64.6 Å². The minimum atomic E-state index is -3.44. The maximum atomic E-state index is 12.0. The third-order valence-electron chi connectivity index (χ3n) is 3.09. The Morgan fingerprint density at radius 3 is 2.27 bits per heavy atom. The second-order valence-corrected chi connectivity index (χ2v) is 6.60. The summed E-state index contributed by atoms with van der Waals surface area (Å²) in [6, 6.07) is 14.2. The maximum absolute atomic E-state index is 12.0. The van der Waals surface area contributed by atoms with Crippen LogP contribution in [0.4, 0.5) is 5.69 Å². The van der Waals surface area contributed by atoms with Crippen LogP contribution in [0.15, 0.2) is 48.5 Å². The molecule has 22 heavy (non-hydrogen) atoms. The Bertz CT molecular complexity index is 711. The highest BCUT2D eigenvalue weighted by atomic mass is 32.2. The van der Waals surface area contributed by atoms with Crippen LogP contribution in [-0.2, 0) is 10.0 Å². The van der Waals surface area contributed by atoms with E-state index in [4.69, 9.17) is 9.47 Å². The summed E-state index contributed by atoms with van der Waals surface area (Å²) < 4.78 is 37.1. The fourth-order valence-electron chi connectivity index (χ4n) is 1.85. The molecule has 0 unspecified atom stereocenters. The number of hydrogen-bond acceptors (Lipinski definition) is 4. The molecule has 0 spiro atoms. The first-order valence-electron chi connectivity index (χ1n) is 6.83. The van der Waals surface area contributed by atoms with Gasteiger partial charge in [0.1, 0.15) is 23.9 Å². The van der Waals surface area contributed by atoms with Crippen LogP contribution in [-0.4, -0.2) is 27.9 Å². The first kappa shape index (κ1) is 16.2. The molecule has 0 saturated heterocycles. The molecule has 0 aliphatic carbocycles. The van der Waals surface area contributed by atoms with Crippen molar-refractivity contribution >= 4 is 15.7 Å². The molecule has 1 N–H and O–H groups in total. The van der Waals surface area contributed by atoms with Gasteiger partial charge >= 0.3 is 0 Å². The zero-order valence-electron chi connectivity index (χ0n) is 12.6. The van der Waals surface area contributed by atoms with Crippen molar-refractivity contribution in [2.24, 2.45) is 0 Å². The van der Waals surface area contributed by atoms with Crippen molar-refractivity contribution in [1.82, 2.24) is 0 Å². The summed E-state index contributed by atoms with van der Waals surface area (Å²) >= 11 is 0. The van der Waals surface area contributed by atoms with E-state index >= 15 is 0 Å². The molecular formula is C16H19NO4S. The predicted molar refractivity (Wildman–Crippen MR) is 87.1 cm³/mol. The van der Waals surface area contributed by atoms with E-state index in [1.54, 1.807) is 43.5 Å². The lowest BCUT2D eigenvalue weighted by molar-refractivity contribution is 0.340. The smallest absolute Gasteiger partial charge is 0.236 e. The summed E-state index contributed by atoms with van der Waals surface area (Å²) in [5.74, 6) is 1.21. The molecule has 2 aromatic carbocycles. The minimum Gasteiger partial charge on any atom is -0.497 e. The van der Waals surface area contributed by atoms with Crippen LogP contribution in [0.25, 0.3) is 0 Å². The Hall–Kier alpha value is -2.21. The molecule has 0 radical (unpaired) electrons. The van der Waals surface area contributed by atoms with Crippen LogP contribution in [0.3, 0.4) is 0 Å². The van der Waals surface area contributed by atoms with Crippen molar-refractivity contribution < 1.29 is 17.9 Å². The van der Waals surface area contributed by atoms with Crippen LogP contribution < -0.4 is 14.2 Å². The molecule has 6 heteroatoms. The van der Waals surface area contributed by atoms with Crippen LogP contribution in [0.1, 0.15) is 5.56 Å². The van der Waals surface area contributed by atoms with Gasteiger partial charge in [-0.3, -0.25) is 4.72 Å². The SMILES string of the molecule is COc1ccc(OCCS(=O)(=O)Nc2ccccc2C)cc1. The van der Waals surface area contributed by atoms with Gasteiger partial charge in [0.25, 0.3) is 0 Å². The molecule has 5 nitrogen and oxygen atoms in total. The van der Waals surface area contributed by atoms with Crippen LogP contribution in [0.2, 0.25) is 0 Å². The third-order valence-corrected chi connectivity index (χ3v) is 4.33. The van der Waals surface area contributed by atoms with Gasteiger partial charge in [0.15, 0.2) is 0 Å². The van der Waals surface area contributed by atoms with E-state index < -0.39 is 10.0 Å². The molecule has 0 amide bonds. The van der Waals surface area contributed by atoms with Crippen molar-refractivity contribution in [3.05, 3.63) is 54.1 Å². The van der Waals surface area contributed by atoms with Gasteiger partial charge in [0.2, 0.25) is 10.0 Å². The zero-order chi connectivity index (χ0) is 16.0. The van der Waals surface area contributed by atoms with E-state index in [9.17, 15) is 8.42 Å². The molecule has 2 aromatic rings. The van der Waals surface area contributed by atoms with Crippen LogP contribution in [0, 0.1) is 6.92 Å². The normalized spacial score (nSPS) is 11.0. The van der Waals surface area contributed by atoms with E-state index in [1.807, 2.05) is 19.1 Å². The van der Waals surface area contributed by atoms with E-state index in [2.05, 4.69) is 4.72 Å². The number of rotatable bonds is 7. The van der Waals surface area contributed by atoms with Gasteiger partial charge in [0.05, 0.1) is 12.8 Å². The average Bonchev–Trinajstić information content (AvgIpc) is 2.50. The minimum absolute atomic E-state index is 0.0769. The second-order valence-electron chi connectivity index (χ2n) is 4.76. The molecule has 0 saturated carbocycles. The lowest BCUT2D eigenvalue weighted by Crippen LogP contribution is -2.21. The molecule has 0 aliphatic heterocycles. The Balaban J connectivity index is 1.88. The van der Waals surface area contributed by atoms with Gasteiger partial charge in [0, 0.05) is 0 Å². The maximum Gasteiger partial charge on any atom is 0.236 e. The highest BCUT2D eigenvalue weighted by Gasteiger charge is 2.12. The highest BCUT2D eigenvalue weighted by Crippen LogP contribution is 2.18. The number of nitrogens with one attached hydrogen (secondary N) is 1. The quantitative estimate of drug-likeness (QED) is 0.851. The zero-order valence-corrected chi connectivity index (χ0v) is 13.4. The highest BCUT2D eigenvalue weighted by molar-refractivity contribution is 7.92. The monoisotopic (exact) mass is 321 g/mol. The number of hydrogen-bond donors (Lipinski definition) is 1. The number of methoxy groups -OCH3 is 1. The van der Waals surface area contributed by atoms with Gasteiger partial charge in [-0.1, -0.05) is 18.2 Å². The number of ether oxygens (including phenoxy) is 2. The summed E-state index contributed by atoms with van der Waals surface area (Å²) in [5.41, 5.74) is 1.47. The Kier molecular flexibility index (Phi) is 5.27. The number of sulfonamides is 1. The summed E-state index contributed by atoms with van der Waals surface area (Å²) in [5, 5.41) is 0. The largest absolute Gasteiger partial charge is 0.497 e. The number of benzene rings is 2. The van der Waals surface area contributed by atoms with Crippen molar-refractivity contribution in [3.8, 4) is 11.5 Å². The Labute approximate surface area is 130 Å². The fraction of sp³-hybridized carbons (Fsp3) is 0.250. The van der Waals surface area contributed by atoms with Crippen molar-refractivity contribution in [2.75, 3.05) is 24.2 Å². The van der Waals surface area contributed by atoms with E-state index in [0.29, 0.717) is 11.4 Å². The standard InChI is InChI=1S/C16H19NO4S/c1-13-5-3-4-6-16(13)17-22(18,19)12-11-21-15-9-7-14(20-2)8-10-15/h3-10,17H,11-12H2,1-2H3. The summed E-state index contributed by atoms with van der Waals surface area (Å²) in [6.07, 6.45) is 0. The van der Waals surface area contributed by atoms with Gasteiger partial charge in [-0.05, 0) is 42.8 Å². The number of anilines is 1. The first-order valence-corrected chi connectivity index (χ1v) is 8.48. The first-order chi connectivity index (χ1) is 10.5. The summed E-state index contributed by atoms with van der Waals surface area (Å²) in [6.45, 7) is 1.93. The number of para-hydroxylation sites is 1. The Morgan fingerprint density at radius 2 is 1.64 bits per heavy atom. The van der Waals surface area contributed by atoms with Gasteiger partial charge in [-0.2, -0.15) is 0 Å². The lowest BCUT2D eigenvalue weighted by Gasteiger charge is -2.11. The molecule has 0 bridgehead atoms. The molecule has 2 rings (SSSR count). The van der Waals surface area contributed by atoms with Crippen LogP contribution >= 0.6 is 0 Å². The van der Waals surface area contributed by atoms with Crippen LogP contribution in [0.5, 0.6) is 11.5 Å². The number of aryl methyl sites for hydroxylation is 1. The van der Waals surface area contributed by atoms with Gasteiger partial charge < -0.3 is 9.47 Å². The Morgan fingerprint density at radius 1 is 1.00 bits per heavy atom.